The number of aromatic amines is 3. The summed E-state index contributed by atoms with van der Waals surface area (Å²) in [7, 11) is 0. The fourth-order valence-electron chi connectivity index (χ4n) is 2.98. The van der Waals surface area contributed by atoms with Gasteiger partial charge in [0, 0.05) is 28.9 Å². The number of hydrogen-bond acceptors (Lipinski definition) is 6. The molecule has 0 aliphatic heterocycles. The van der Waals surface area contributed by atoms with E-state index in [1.807, 2.05) is 31.2 Å². The molecule has 0 saturated heterocycles. The molecular weight excluding hydrogens is 344 g/mol. The maximum Gasteiger partial charge on any atom is 0.271 e. The molecule has 0 fully saturated rings. The molecule has 4 aromatic heterocycles. The lowest BCUT2D eigenvalue weighted by molar-refractivity contribution is 1.05. The molecular formula is C18H14N8O. The van der Waals surface area contributed by atoms with Crippen molar-refractivity contribution < 1.29 is 0 Å². The average Bonchev–Trinajstić information content (AvgIpc) is 3.27. The van der Waals surface area contributed by atoms with Gasteiger partial charge in [-0.15, -0.1) is 0 Å². The van der Waals surface area contributed by atoms with Crippen LogP contribution >= 0.6 is 0 Å². The molecule has 4 heterocycles. The van der Waals surface area contributed by atoms with Gasteiger partial charge < -0.3 is 5.32 Å². The molecule has 0 amide bonds. The summed E-state index contributed by atoms with van der Waals surface area (Å²) in [5, 5.41) is 17.1. The molecule has 27 heavy (non-hydrogen) atoms. The van der Waals surface area contributed by atoms with E-state index in [0.29, 0.717) is 28.4 Å². The van der Waals surface area contributed by atoms with Crippen LogP contribution in [0.3, 0.4) is 0 Å². The van der Waals surface area contributed by atoms with E-state index >= 15 is 0 Å². The first kappa shape index (κ1) is 15.3. The first-order chi connectivity index (χ1) is 13.2. The molecule has 4 N–H and O–H groups in total. The van der Waals surface area contributed by atoms with E-state index in [9.17, 15) is 4.79 Å². The molecule has 5 aromatic rings. The lowest BCUT2D eigenvalue weighted by Crippen LogP contribution is -2.01. The van der Waals surface area contributed by atoms with Gasteiger partial charge in [0.1, 0.15) is 5.82 Å². The summed E-state index contributed by atoms with van der Waals surface area (Å²) in [6.07, 6.45) is 3.38. The van der Waals surface area contributed by atoms with Gasteiger partial charge in [0.15, 0.2) is 11.6 Å². The first-order valence-electron chi connectivity index (χ1n) is 8.29. The van der Waals surface area contributed by atoms with Crippen LogP contribution in [0.15, 0.2) is 47.5 Å². The number of hydrogen-bond donors (Lipinski definition) is 4. The summed E-state index contributed by atoms with van der Waals surface area (Å²) >= 11 is 0. The number of nitrogens with zero attached hydrogens (tertiary/aromatic N) is 4. The number of aryl methyl sites for hydroxylation is 1. The minimum absolute atomic E-state index is 0.181. The van der Waals surface area contributed by atoms with Gasteiger partial charge in [-0.3, -0.25) is 25.1 Å². The minimum Gasteiger partial charge on any atom is -0.323 e. The van der Waals surface area contributed by atoms with E-state index in [1.165, 1.54) is 0 Å². The van der Waals surface area contributed by atoms with Crippen molar-refractivity contribution in [2.45, 2.75) is 6.92 Å². The number of nitrogens with one attached hydrogen (secondary N) is 4. The Hall–Kier alpha value is -4.01. The van der Waals surface area contributed by atoms with Crippen LogP contribution in [-0.2, 0) is 0 Å². The average molecular weight is 358 g/mol. The Balaban J connectivity index is 1.69. The monoisotopic (exact) mass is 358 g/mol. The molecule has 0 aliphatic rings. The van der Waals surface area contributed by atoms with E-state index < -0.39 is 0 Å². The van der Waals surface area contributed by atoms with Crippen LogP contribution < -0.4 is 10.9 Å². The normalized spacial score (nSPS) is 11.3. The highest BCUT2D eigenvalue weighted by molar-refractivity contribution is 5.92. The van der Waals surface area contributed by atoms with Crippen LogP contribution in [-0.4, -0.2) is 35.3 Å². The molecule has 0 bridgehead atoms. The van der Waals surface area contributed by atoms with Gasteiger partial charge in [0.25, 0.3) is 5.56 Å². The third-order valence-electron chi connectivity index (χ3n) is 4.28. The summed E-state index contributed by atoms with van der Waals surface area (Å²) in [6, 6.07) is 9.20. The Labute approximate surface area is 151 Å². The predicted molar refractivity (Wildman–Crippen MR) is 102 cm³/mol. The van der Waals surface area contributed by atoms with Crippen molar-refractivity contribution in [3.05, 3.63) is 58.8 Å². The second kappa shape index (κ2) is 5.77. The quantitative estimate of drug-likeness (QED) is 0.392. The highest BCUT2D eigenvalue weighted by Crippen LogP contribution is 2.27. The second-order valence-corrected chi connectivity index (χ2v) is 6.19. The maximum absolute atomic E-state index is 11.9. The fourth-order valence-corrected chi connectivity index (χ4v) is 2.98. The first-order valence-corrected chi connectivity index (χ1v) is 8.29. The molecule has 5 rings (SSSR count). The minimum atomic E-state index is -0.181. The van der Waals surface area contributed by atoms with Gasteiger partial charge in [-0.25, -0.2) is 9.97 Å². The van der Waals surface area contributed by atoms with E-state index in [0.717, 1.165) is 22.2 Å². The third-order valence-corrected chi connectivity index (χ3v) is 4.28. The predicted octanol–water partition coefficient (Wildman–Crippen LogP) is 2.64. The van der Waals surface area contributed by atoms with Crippen LogP contribution in [0, 0.1) is 6.92 Å². The van der Waals surface area contributed by atoms with E-state index in [1.54, 1.807) is 18.5 Å². The van der Waals surface area contributed by atoms with Crippen LogP contribution in [0.5, 0.6) is 0 Å². The SMILES string of the molecule is Cc1cc(Nc2nc(-c3ccc4[nH][nH]c(=O)c4c3)nc3cnccc23)n[nH]1. The standard InChI is InChI=1S/C18H14N8O/c1-9-6-15(25-23-9)21-17-11-4-5-19-8-14(11)20-16(22-17)10-2-3-13-12(7-10)18(27)26-24-13/h2-8H,1H3,(H2,24,26,27)(H2,20,21,22,23,25). The zero-order valence-electron chi connectivity index (χ0n) is 14.2. The summed E-state index contributed by atoms with van der Waals surface area (Å²) in [5.41, 5.74) is 2.92. The number of anilines is 2. The zero-order chi connectivity index (χ0) is 18.4. The molecule has 0 unspecified atom stereocenters. The Kier molecular flexibility index (Phi) is 3.26. The second-order valence-electron chi connectivity index (χ2n) is 6.19. The number of H-pyrrole nitrogens is 3. The maximum atomic E-state index is 11.9. The van der Waals surface area contributed by atoms with Gasteiger partial charge >= 0.3 is 0 Å². The van der Waals surface area contributed by atoms with Crippen molar-refractivity contribution in [3.63, 3.8) is 0 Å². The molecule has 0 radical (unpaired) electrons. The van der Waals surface area contributed by atoms with Crippen LogP contribution in [0.2, 0.25) is 0 Å². The molecule has 0 spiro atoms. The van der Waals surface area contributed by atoms with Crippen molar-refractivity contribution in [1.82, 2.24) is 35.3 Å². The fraction of sp³-hybridized carbons (Fsp3) is 0.0556. The Bertz CT molecular complexity index is 1350. The smallest absolute Gasteiger partial charge is 0.271 e. The molecule has 132 valence electrons. The van der Waals surface area contributed by atoms with Gasteiger partial charge in [-0.2, -0.15) is 5.10 Å². The summed E-state index contributed by atoms with van der Waals surface area (Å²) in [4.78, 5) is 25.4. The molecule has 9 heteroatoms. The van der Waals surface area contributed by atoms with E-state index in [4.69, 9.17) is 0 Å². The molecule has 9 nitrogen and oxygen atoms in total. The van der Waals surface area contributed by atoms with Gasteiger partial charge in [0.05, 0.1) is 22.6 Å². The molecule has 0 atom stereocenters. The van der Waals surface area contributed by atoms with E-state index in [2.05, 4.69) is 40.7 Å². The lowest BCUT2D eigenvalue weighted by atomic mass is 10.1. The van der Waals surface area contributed by atoms with E-state index in [-0.39, 0.29) is 5.56 Å². The highest BCUT2D eigenvalue weighted by Gasteiger charge is 2.12. The van der Waals surface area contributed by atoms with Crippen LogP contribution in [0.4, 0.5) is 11.6 Å². The Morgan fingerprint density at radius 2 is 1.96 bits per heavy atom. The zero-order valence-corrected chi connectivity index (χ0v) is 14.2. The number of rotatable bonds is 3. The third kappa shape index (κ3) is 2.61. The van der Waals surface area contributed by atoms with Gasteiger partial charge in [0.2, 0.25) is 0 Å². The highest BCUT2D eigenvalue weighted by atomic mass is 16.1. The molecule has 0 saturated carbocycles. The van der Waals surface area contributed by atoms with Crippen molar-refractivity contribution in [3.8, 4) is 11.4 Å². The van der Waals surface area contributed by atoms with Gasteiger partial charge in [-0.1, -0.05) is 0 Å². The molecule has 0 aliphatic carbocycles. The number of aromatic nitrogens is 7. The number of pyridine rings is 1. The summed E-state index contributed by atoms with van der Waals surface area (Å²) < 4.78 is 0. The topological polar surface area (TPSA) is 128 Å². The van der Waals surface area contributed by atoms with Crippen molar-refractivity contribution in [1.29, 1.82) is 0 Å². The largest absolute Gasteiger partial charge is 0.323 e. The lowest BCUT2D eigenvalue weighted by Gasteiger charge is -2.09. The Morgan fingerprint density at radius 3 is 2.81 bits per heavy atom. The van der Waals surface area contributed by atoms with Crippen molar-refractivity contribution in [2.75, 3.05) is 5.32 Å². The van der Waals surface area contributed by atoms with Crippen LogP contribution in [0.1, 0.15) is 5.69 Å². The number of benzene rings is 1. The van der Waals surface area contributed by atoms with Gasteiger partial charge in [-0.05, 0) is 31.2 Å². The van der Waals surface area contributed by atoms with Crippen molar-refractivity contribution >= 4 is 33.4 Å². The van der Waals surface area contributed by atoms with Crippen molar-refractivity contribution in [2.24, 2.45) is 0 Å². The summed E-state index contributed by atoms with van der Waals surface area (Å²) in [5.74, 6) is 1.77. The van der Waals surface area contributed by atoms with Crippen LogP contribution in [0.25, 0.3) is 33.2 Å². The molecule has 1 aromatic carbocycles. The summed E-state index contributed by atoms with van der Waals surface area (Å²) in [6.45, 7) is 1.93. The number of fused-ring (bicyclic) bond motifs is 2. The Morgan fingerprint density at radius 1 is 1.04 bits per heavy atom.